The highest BCUT2D eigenvalue weighted by Crippen LogP contribution is 2.24. The Morgan fingerprint density at radius 3 is 2.58 bits per heavy atom. The number of nitrogens with one attached hydrogen (secondary N) is 1. The van der Waals surface area contributed by atoms with Gasteiger partial charge < -0.3 is 5.32 Å². The summed E-state index contributed by atoms with van der Waals surface area (Å²) in [5, 5.41) is 2.62. The summed E-state index contributed by atoms with van der Waals surface area (Å²) in [6, 6.07) is 4.60. The van der Waals surface area contributed by atoms with Crippen molar-refractivity contribution >= 4 is 39.1 Å². The number of halogens is 4. The van der Waals surface area contributed by atoms with Gasteiger partial charge in [0, 0.05) is 6.20 Å². The molecule has 3 nitrogen and oxygen atoms in total. The number of carbonyl (C=O) groups excluding carboxylic acids is 1. The predicted octanol–water partition coefficient (Wildman–Crippen LogP) is 4.03. The van der Waals surface area contributed by atoms with Crippen molar-refractivity contribution in [2.75, 3.05) is 5.32 Å². The summed E-state index contributed by atoms with van der Waals surface area (Å²) in [6.07, 6.45) is 1.37. The number of aromatic nitrogens is 1. The first-order chi connectivity index (χ1) is 8.99. The smallest absolute Gasteiger partial charge is 0.261 e. The molecule has 0 aliphatic rings. The molecule has 2 aromatic rings. The van der Waals surface area contributed by atoms with Gasteiger partial charge in [0.1, 0.15) is 21.8 Å². The molecule has 0 aliphatic carbocycles. The summed E-state index contributed by atoms with van der Waals surface area (Å²) < 4.78 is 27.2. The molecule has 0 spiro atoms. The topological polar surface area (TPSA) is 42.0 Å². The molecular formula is C12H6BrClF2N2O. The second-order valence-corrected chi connectivity index (χ2v) is 4.73. The Bertz CT molecular complexity index is 631. The first-order valence-electron chi connectivity index (χ1n) is 5.05. The number of anilines is 1. The van der Waals surface area contributed by atoms with E-state index < -0.39 is 23.1 Å². The van der Waals surface area contributed by atoms with Gasteiger partial charge in [-0.2, -0.15) is 0 Å². The van der Waals surface area contributed by atoms with Crippen LogP contribution in [0, 0.1) is 11.6 Å². The number of pyridine rings is 1. The van der Waals surface area contributed by atoms with Gasteiger partial charge in [0.15, 0.2) is 0 Å². The van der Waals surface area contributed by atoms with Gasteiger partial charge in [-0.3, -0.25) is 4.79 Å². The molecule has 0 saturated carbocycles. The Labute approximate surface area is 120 Å². The van der Waals surface area contributed by atoms with E-state index in [-0.39, 0.29) is 10.7 Å². The Morgan fingerprint density at radius 2 is 1.95 bits per heavy atom. The molecule has 0 saturated heterocycles. The highest BCUT2D eigenvalue weighted by atomic mass is 79.9. The van der Waals surface area contributed by atoms with Crippen LogP contribution in [0.25, 0.3) is 0 Å². The Hall–Kier alpha value is -1.53. The zero-order valence-corrected chi connectivity index (χ0v) is 11.6. The number of nitrogens with zero attached hydrogens (tertiary/aromatic N) is 1. The van der Waals surface area contributed by atoms with Crippen LogP contribution in [0.15, 0.2) is 35.1 Å². The van der Waals surface area contributed by atoms with Crippen molar-refractivity contribution in [1.82, 2.24) is 4.98 Å². The molecular weight excluding hydrogens is 341 g/mol. The van der Waals surface area contributed by atoms with Gasteiger partial charge in [0.25, 0.3) is 5.91 Å². The molecule has 0 bridgehead atoms. The lowest BCUT2D eigenvalue weighted by molar-refractivity contribution is 0.101. The monoisotopic (exact) mass is 346 g/mol. The Morgan fingerprint density at radius 1 is 1.32 bits per heavy atom. The van der Waals surface area contributed by atoms with Crippen LogP contribution in [0.5, 0.6) is 0 Å². The van der Waals surface area contributed by atoms with Crippen molar-refractivity contribution in [2.45, 2.75) is 0 Å². The molecule has 2 rings (SSSR count). The first kappa shape index (κ1) is 13.9. The summed E-state index contributed by atoms with van der Waals surface area (Å²) >= 11 is 8.82. The summed E-state index contributed by atoms with van der Waals surface area (Å²) in [7, 11) is 0. The van der Waals surface area contributed by atoms with Gasteiger partial charge in [-0.25, -0.2) is 13.8 Å². The highest BCUT2D eigenvalue weighted by Gasteiger charge is 2.18. The molecule has 0 unspecified atom stereocenters. The van der Waals surface area contributed by atoms with Crippen LogP contribution in [0.1, 0.15) is 10.4 Å². The zero-order chi connectivity index (χ0) is 14.0. The van der Waals surface area contributed by atoms with E-state index in [1.165, 1.54) is 18.3 Å². The highest BCUT2D eigenvalue weighted by molar-refractivity contribution is 9.10. The minimum atomic E-state index is -0.941. The largest absolute Gasteiger partial charge is 0.319 e. The second kappa shape index (κ2) is 5.63. The van der Waals surface area contributed by atoms with E-state index in [2.05, 4.69) is 26.2 Å². The number of rotatable bonds is 2. The van der Waals surface area contributed by atoms with Crippen LogP contribution < -0.4 is 5.32 Å². The van der Waals surface area contributed by atoms with E-state index in [1.807, 2.05) is 0 Å². The van der Waals surface area contributed by atoms with E-state index in [1.54, 1.807) is 0 Å². The quantitative estimate of drug-likeness (QED) is 0.834. The zero-order valence-electron chi connectivity index (χ0n) is 9.25. The van der Waals surface area contributed by atoms with Crippen LogP contribution in [-0.4, -0.2) is 10.9 Å². The van der Waals surface area contributed by atoms with Crippen molar-refractivity contribution in [3.63, 3.8) is 0 Å². The van der Waals surface area contributed by atoms with Gasteiger partial charge >= 0.3 is 0 Å². The van der Waals surface area contributed by atoms with Gasteiger partial charge in [-0.05, 0) is 34.1 Å². The van der Waals surface area contributed by atoms with Crippen LogP contribution in [0.4, 0.5) is 14.5 Å². The third kappa shape index (κ3) is 3.08. The number of hydrogen-bond acceptors (Lipinski definition) is 2. The summed E-state index contributed by atoms with van der Waals surface area (Å²) in [4.78, 5) is 15.7. The molecule has 0 fully saturated rings. The minimum Gasteiger partial charge on any atom is -0.319 e. The van der Waals surface area contributed by atoms with E-state index in [0.717, 1.165) is 12.1 Å². The number of amides is 1. The van der Waals surface area contributed by atoms with E-state index in [4.69, 9.17) is 11.6 Å². The molecule has 1 N–H and O–H groups in total. The average Bonchev–Trinajstić information content (AvgIpc) is 2.33. The van der Waals surface area contributed by atoms with Gasteiger partial charge in [0.2, 0.25) is 0 Å². The van der Waals surface area contributed by atoms with E-state index in [9.17, 15) is 13.6 Å². The lowest BCUT2D eigenvalue weighted by atomic mass is 10.2. The third-order valence-electron chi connectivity index (χ3n) is 2.24. The SMILES string of the molecule is O=C(Nc1cc(Cl)cnc1Br)c1c(F)cccc1F. The van der Waals surface area contributed by atoms with Crippen molar-refractivity contribution in [3.05, 3.63) is 57.3 Å². The molecule has 0 aliphatic heterocycles. The molecule has 7 heteroatoms. The van der Waals surface area contributed by atoms with Crippen molar-refractivity contribution in [2.24, 2.45) is 0 Å². The van der Waals surface area contributed by atoms with Crippen LogP contribution in [0.2, 0.25) is 5.02 Å². The lowest BCUT2D eigenvalue weighted by Crippen LogP contribution is -2.16. The lowest BCUT2D eigenvalue weighted by Gasteiger charge is -2.08. The number of benzene rings is 1. The van der Waals surface area contributed by atoms with Crippen LogP contribution in [-0.2, 0) is 0 Å². The van der Waals surface area contributed by atoms with Gasteiger partial charge in [0.05, 0.1) is 10.7 Å². The molecule has 1 amide bonds. The standard InChI is InChI=1S/C12H6BrClF2N2O/c13-11-9(4-6(14)5-17-11)18-12(19)10-7(15)2-1-3-8(10)16/h1-5H,(H,18,19). The van der Waals surface area contributed by atoms with Crippen molar-refractivity contribution in [3.8, 4) is 0 Å². The summed E-state index contributed by atoms with van der Waals surface area (Å²) in [5.74, 6) is -2.80. The fraction of sp³-hybridized carbons (Fsp3) is 0. The van der Waals surface area contributed by atoms with E-state index in [0.29, 0.717) is 4.60 Å². The van der Waals surface area contributed by atoms with Gasteiger partial charge in [-0.1, -0.05) is 17.7 Å². The first-order valence-corrected chi connectivity index (χ1v) is 6.22. The molecule has 1 heterocycles. The van der Waals surface area contributed by atoms with Crippen molar-refractivity contribution < 1.29 is 13.6 Å². The molecule has 19 heavy (non-hydrogen) atoms. The van der Waals surface area contributed by atoms with Crippen LogP contribution >= 0.6 is 27.5 Å². The molecule has 0 atom stereocenters. The Kier molecular flexibility index (Phi) is 4.11. The molecule has 1 aromatic heterocycles. The van der Waals surface area contributed by atoms with E-state index >= 15 is 0 Å². The Balaban J connectivity index is 2.34. The van der Waals surface area contributed by atoms with Gasteiger partial charge in [-0.15, -0.1) is 0 Å². The fourth-order valence-electron chi connectivity index (χ4n) is 1.41. The average molecular weight is 348 g/mol. The number of carbonyl (C=O) groups is 1. The molecule has 0 radical (unpaired) electrons. The second-order valence-electron chi connectivity index (χ2n) is 3.54. The normalized spacial score (nSPS) is 10.3. The summed E-state index contributed by atoms with van der Waals surface area (Å²) in [6.45, 7) is 0. The van der Waals surface area contributed by atoms with Crippen molar-refractivity contribution in [1.29, 1.82) is 0 Å². The predicted molar refractivity (Wildman–Crippen MR) is 71.3 cm³/mol. The fourth-order valence-corrected chi connectivity index (χ4v) is 1.88. The van der Waals surface area contributed by atoms with Crippen LogP contribution in [0.3, 0.4) is 0 Å². The maximum Gasteiger partial charge on any atom is 0.261 e. The number of hydrogen-bond donors (Lipinski definition) is 1. The maximum absolute atomic E-state index is 13.4. The third-order valence-corrected chi connectivity index (χ3v) is 3.08. The molecule has 1 aromatic carbocycles. The maximum atomic E-state index is 13.4. The molecule has 98 valence electrons. The minimum absolute atomic E-state index is 0.222. The summed E-state index contributed by atoms with van der Waals surface area (Å²) in [5.41, 5.74) is -0.436.